The Morgan fingerprint density at radius 1 is 1.08 bits per heavy atom. The van der Waals surface area contributed by atoms with E-state index in [1.54, 1.807) is 5.56 Å². The molecule has 1 rings (SSSR count). The van der Waals surface area contributed by atoms with Gasteiger partial charge in [-0.1, -0.05) is 72.0 Å². The number of rotatable bonds is 4. The molecule has 0 radical (unpaired) electrons. The van der Waals surface area contributed by atoms with Crippen LogP contribution in [0.1, 0.15) is 31.1 Å². The van der Waals surface area contributed by atoms with Crippen LogP contribution < -0.4 is 0 Å². The van der Waals surface area contributed by atoms with Crippen molar-refractivity contribution in [1.82, 2.24) is 0 Å². The van der Waals surface area contributed by atoms with E-state index in [1.807, 2.05) is 0 Å². The molecule has 0 nitrogen and oxygen atoms in total. The summed E-state index contributed by atoms with van der Waals surface area (Å²) in [6.07, 6.45) is 0. The fourth-order valence-electron chi connectivity index (χ4n) is 2.02. The minimum Gasteiger partial charge on any atom is -0.0963 e. The third-order valence-electron chi connectivity index (χ3n) is 3.08. The highest BCUT2D eigenvalue weighted by molar-refractivity contribution is 6.60. The Labute approximate surface area is 86.4 Å². The zero-order chi connectivity index (χ0) is 9.68. The first-order chi connectivity index (χ1) is 6.29. The van der Waals surface area contributed by atoms with Crippen LogP contribution in [0, 0.1) is 0 Å². The third-order valence-corrected chi connectivity index (χ3v) is 6.98. The zero-order valence-corrected chi connectivity index (χ0v) is 10.1. The number of benzene rings is 1. The predicted octanol–water partition coefficient (Wildman–Crippen LogP) is 3.86. The van der Waals surface area contributed by atoms with Gasteiger partial charge in [0.15, 0.2) is 0 Å². The van der Waals surface area contributed by atoms with E-state index in [0.29, 0.717) is 0 Å². The van der Waals surface area contributed by atoms with Gasteiger partial charge in [0.1, 0.15) is 0 Å². The summed E-state index contributed by atoms with van der Waals surface area (Å²) in [5.74, 6) is 0. The quantitative estimate of drug-likeness (QED) is 0.632. The molecular weight excluding hydrogens is 171 g/mol. The van der Waals surface area contributed by atoms with Gasteiger partial charge in [0.2, 0.25) is 0 Å². The molecule has 1 aromatic rings. The zero-order valence-electron chi connectivity index (χ0n) is 8.96. The van der Waals surface area contributed by atoms with Gasteiger partial charge in [0.25, 0.3) is 14.1 Å². The second-order valence-corrected chi connectivity index (χ2v) is 7.93. The minimum absolute atomic E-state index is 0.513. The van der Waals surface area contributed by atoms with Crippen molar-refractivity contribution in [3.63, 3.8) is 0 Å². The molecule has 0 heterocycles. The fourth-order valence-corrected chi connectivity index (χ4v) is 4.78. The van der Waals surface area contributed by atoms with Crippen molar-refractivity contribution in [1.29, 1.82) is 0 Å². The molecule has 0 N–H and O–H groups in total. The van der Waals surface area contributed by atoms with Crippen molar-refractivity contribution in [2.75, 3.05) is 0 Å². The molecule has 70 valence electrons. The number of hydrogen-bond donors (Lipinski definition) is 0. The summed E-state index contributed by atoms with van der Waals surface area (Å²) >= 11 is -0.513. The average molecular weight is 190 g/mol. The lowest BCUT2D eigenvalue weighted by Crippen LogP contribution is -2.18. The topological polar surface area (TPSA) is 0 Å². The maximum Gasteiger partial charge on any atom is 0.270 e. The summed E-state index contributed by atoms with van der Waals surface area (Å²) in [6.45, 7) is 7.10. The molecule has 0 aromatic heterocycles. The monoisotopic (exact) mass is 190 g/mol. The first-order valence-corrected chi connectivity index (χ1v) is 7.64. The summed E-state index contributed by atoms with van der Waals surface area (Å²) in [4.78, 5) is 0. The molecule has 0 aliphatic rings. The Balaban J connectivity index is 2.72. The van der Waals surface area contributed by atoms with E-state index in [4.69, 9.17) is 0 Å². The molecule has 1 unspecified atom stereocenters. The van der Waals surface area contributed by atoms with Crippen molar-refractivity contribution in [2.24, 2.45) is 0 Å². The van der Waals surface area contributed by atoms with E-state index >= 15 is 0 Å². The maximum atomic E-state index is 2.40. The summed E-state index contributed by atoms with van der Waals surface area (Å²) in [5.41, 5.74) is 1.54. The van der Waals surface area contributed by atoms with Gasteiger partial charge in [-0.3, -0.25) is 0 Å². The van der Waals surface area contributed by atoms with Gasteiger partial charge >= 0.3 is 0 Å². The van der Waals surface area contributed by atoms with E-state index in [-0.39, 0.29) is 0 Å². The van der Waals surface area contributed by atoms with Crippen molar-refractivity contribution in [3.05, 3.63) is 35.9 Å². The van der Waals surface area contributed by atoms with E-state index in [0.717, 1.165) is 4.78 Å². The van der Waals surface area contributed by atoms with Crippen molar-refractivity contribution in [2.45, 2.75) is 36.1 Å². The van der Waals surface area contributed by atoms with Gasteiger partial charge in [-0.2, -0.15) is 0 Å². The van der Waals surface area contributed by atoms with Gasteiger partial charge < -0.3 is 0 Å². The molecule has 0 aliphatic carbocycles. The van der Waals surface area contributed by atoms with Gasteiger partial charge in [-0.15, -0.1) is 0 Å². The van der Waals surface area contributed by atoms with Crippen molar-refractivity contribution < 1.29 is 0 Å². The van der Waals surface area contributed by atoms with Crippen LogP contribution in [0.25, 0.3) is 0 Å². The Kier molecular flexibility index (Phi) is 4.56. The molecule has 1 atom stereocenters. The highest BCUT2D eigenvalue weighted by Crippen LogP contribution is 2.22. The Bertz CT molecular complexity index is 226. The lowest BCUT2D eigenvalue weighted by molar-refractivity contribution is 1.01. The minimum atomic E-state index is -0.513. The first-order valence-electron chi connectivity index (χ1n) is 5.34. The molecule has 0 fully saturated rings. The third kappa shape index (κ3) is 2.86. The fraction of sp³-hybridized carbons (Fsp3) is 0.500. The Hall–Kier alpha value is -0.248. The molecule has 0 saturated carbocycles. The second kappa shape index (κ2) is 5.48. The summed E-state index contributed by atoms with van der Waals surface area (Å²) in [6, 6.07) is 11.0. The van der Waals surface area contributed by atoms with Crippen LogP contribution in [0.15, 0.2) is 30.3 Å². The van der Waals surface area contributed by atoms with E-state index in [9.17, 15) is 0 Å². The summed E-state index contributed by atoms with van der Waals surface area (Å²) in [5, 5.41) is 2.85. The van der Waals surface area contributed by atoms with Crippen LogP contribution >= 0.6 is 0 Å². The molecular formula is C12H19Al. The normalized spacial score (nSPS) is 12.5. The molecule has 1 heteroatoms. The molecule has 13 heavy (non-hydrogen) atoms. The van der Waals surface area contributed by atoms with Gasteiger partial charge in [-0.05, 0) is 0 Å². The molecule has 1 aromatic carbocycles. The van der Waals surface area contributed by atoms with Gasteiger partial charge in [0.05, 0.1) is 0 Å². The predicted molar refractivity (Wildman–Crippen MR) is 61.6 cm³/mol. The largest absolute Gasteiger partial charge is 0.270 e. The van der Waals surface area contributed by atoms with Crippen LogP contribution in [0.5, 0.6) is 0 Å². The van der Waals surface area contributed by atoms with E-state index in [2.05, 4.69) is 51.1 Å². The van der Waals surface area contributed by atoms with Crippen LogP contribution in [-0.2, 0) is 0 Å². The summed E-state index contributed by atoms with van der Waals surface area (Å²) < 4.78 is 0.844. The van der Waals surface area contributed by atoms with Gasteiger partial charge in [0, 0.05) is 0 Å². The smallest absolute Gasteiger partial charge is 0.0963 e. The van der Waals surface area contributed by atoms with Crippen LogP contribution in [0.3, 0.4) is 0 Å². The lowest BCUT2D eigenvalue weighted by Gasteiger charge is -2.16. The average Bonchev–Trinajstić information content (AvgIpc) is 2.21. The molecule has 0 spiro atoms. The SMILES string of the molecule is C[CH2][Al]([CH2]C)[CH](C)c1ccccc1. The van der Waals surface area contributed by atoms with Crippen LogP contribution in [0.4, 0.5) is 0 Å². The van der Waals surface area contributed by atoms with E-state index in [1.165, 1.54) is 10.6 Å². The first kappa shape index (κ1) is 10.8. The molecule has 0 bridgehead atoms. The summed E-state index contributed by atoms with van der Waals surface area (Å²) in [7, 11) is 0. The van der Waals surface area contributed by atoms with Crippen molar-refractivity contribution >= 4 is 14.1 Å². The standard InChI is InChI=1S/C8H9.2C2H5.Al/c1-2-8-6-4-3-5-7-8;2*1-2;/h2-7H,1H3;2*1H2,2H3;. The highest BCUT2D eigenvalue weighted by Gasteiger charge is 2.21. The van der Waals surface area contributed by atoms with Crippen molar-refractivity contribution in [3.8, 4) is 0 Å². The molecule has 0 saturated heterocycles. The highest BCUT2D eigenvalue weighted by atomic mass is 27.2. The van der Waals surface area contributed by atoms with Crippen LogP contribution in [-0.4, -0.2) is 14.1 Å². The van der Waals surface area contributed by atoms with Crippen LogP contribution in [0.2, 0.25) is 10.6 Å². The lowest BCUT2D eigenvalue weighted by atomic mass is 10.2. The maximum absolute atomic E-state index is 2.40. The molecule has 0 amide bonds. The second-order valence-electron chi connectivity index (χ2n) is 3.78. The Morgan fingerprint density at radius 2 is 1.62 bits per heavy atom. The van der Waals surface area contributed by atoms with Gasteiger partial charge in [-0.25, -0.2) is 0 Å². The molecule has 0 aliphatic heterocycles. The van der Waals surface area contributed by atoms with E-state index < -0.39 is 14.1 Å². The number of hydrogen-bond acceptors (Lipinski definition) is 0. The Morgan fingerprint density at radius 3 is 2.08 bits per heavy atom.